The number of thioether (sulfide) groups is 1. The Morgan fingerprint density at radius 1 is 1.19 bits per heavy atom. The van der Waals surface area contributed by atoms with Gasteiger partial charge in [0, 0.05) is 11.8 Å². The van der Waals surface area contributed by atoms with E-state index in [0.717, 1.165) is 4.90 Å². The number of nitriles is 1. The number of hydrogen-bond donors (Lipinski definition) is 1. The van der Waals surface area contributed by atoms with Crippen LogP contribution >= 0.6 is 11.8 Å². The fourth-order valence-corrected chi connectivity index (χ4v) is 2.41. The number of carbonyl (C=O) groups excluding carboxylic acids is 1. The first-order chi connectivity index (χ1) is 10.2. The molecule has 0 aliphatic heterocycles. The average molecular weight is 298 g/mol. The van der Waals surface area contributed by atoms with Gasteiger partial charge in [0.15, 0.2) is 5.75 Å². The van der Waals surface area contributed by atoms with Crippen molar-refractivity contribution in [3.05, 3.63) is 48.0 Å². The molecule has 0 spiro atoms. The molecule has 0 atom stereocenters. The molecule has 0 radical (unpaired) electrons. The van der Waals surface area contributed by atoms with Crippen LogP contribution < -0.4 is 10.1 Å². The maximum absolute atomic E-state index is 11.2. The van der Waals surface area contributed by atoms with Gasteiger partial charge in [-0.3, -0.25) is 4.79 Å². The summed E-state index contributed by atoms with van der Waals surface area (Å²) in [4.78, 5) is 12.1. The van der Waals surface area contributed by atoms with Crippen molar-refractivity contribution in [1.82, 2.24) is 0 Å². The molecule has 106 valence electrons. The number of nitrogens with one attached hydrogen (secondary N) is 1. The second-order valence-corrected chi connectivity index (χ2v) is 5.07. The van der Waals surface area contributed by atoms with Gasteiger partial charge >= 0.3 is 0 Å². The number of nitrogens with zero attached hydrogens (tertiary/aromatic N) is 1. The van der Waals surface area contributed by atoms with Gasteiger partial charge < -0.3 is 10.1 Å². The van der Waals surface area contributed by atoms with E-state index in [1.165, 1.54) is 18.7 Å². The lowest BCUT2D eigenvalue weighted by molar-refractivity contribution is -0.114. The van der Waals surface area contributed by atoms with Crippen molar-refractivity contribution >= 4 is 23.4 Å². The Balaban J connectivity index is 2.39. The van der Waals surface area contributed by atoms with Gasteiger partial charge in [-0.05, 0) is 30.5 Å². The molecule has 0 bridgehead atoms. The standard InChI is InChI=1S/C16H14N2O2S/c1-11(19)18-13-6-3-4-7-15(13)20-14-8-5-9-16(21-2)12(14)10-17/h3-9H,1-2H3,(H,18,19). The molecule has 4 nitrogen and oxygen atoms in total. The second-order valence-electron chi connectivity index (χ2n) is 4.22. The third-order valence-electron chi connectivity index (χ3n) is 2.74. The Labute approximate surface area is 127 Å². The number of para-hydroxylation sites is 2. The minimum atomic E-state index is -0.176. The summed E-state index contributed by atoms with van der Waals surface area (Å²) in [5, 5.41) is 12.0. The third-order valence-corrected chi connectivity index (χ3v) is 3.52. The molecule has 0 saturated carbocycles. The maximum Gasteiger partial charge on any atom is 0.221 e. The molecule has 1 amide bonds. The van der Waals surface area contributed by atoms with Gasteiger partial charge in [0.1, 0.15) is 17.4 Å². The van der Waals surface area contributed by atoms with E-state index < -0.39 is 0 Å². The number of anilines is 1. The van der Waals surface area contributed by atoms with E-state index in [2.05, 4.69) is 11.4 Å². The minimum Gasteiger partial charge on any atom is -0.454 e. The van der Waals surface area contributed by atoms with Crippen LogP contribution in [0.5, 0.6) is 11.5 Å². The van der Waals surface area contributed by atoms with E-state index in [-0.39, 0.29) is 5.91 Å². The summed E-state index contributed by atoms with van der Waals surface area (Å²) in [5.74, 6) is 0.800. The number of amides is 1. The van der Waals surface area contributed by atoms with Gasteiger partial charge in [-0.25, -0.2) is 0 Å². The Kier molecular flexibility index (Phi) is 4.85. The molecule has 21 heavy (non-hydrogen) atoms. The fraction of sp³-hybridized carbons (Fsp3) is 0.125. The van der Waals surface area contributed by atoms with Gasteiger partial charge in [-0.15, -0.1) is 11.8 Å². The molecule has 2 rings (SSSR count). The van der Waals surface area contributed by atoms with Crippen LogP contribution in [0.25, 0.3) is 0 Å². The van der Waals surface area contributed by atoms with Gasteiger partial charge in [0.05, 0.1) is 5.69 Å². The molecular formula is C16H14N2O2S. The van der Waals surface area contributed by atoms with Gasteiger partial charge in [0.2, 0.25) is 5.91 Å². The molecule has 0 aliphatic carbocycles. The summed E-state index contributed by atoms with van der Waals surface area (Å²) in [6, 6.07) is 14.7. The number of benzene rings is 2. The normalized spacial score (nSPS) is 9.76. The SMILES string of the molecule is CSc1cccc(Oc2ccccc2NC(C)=O)c1C#N. The summed E-state index contributed by atoms with van der Waals surface area (Å²) < 4.78 is 5.82. The highest BCUT2D eigenvalue weighted by molar-refractivity contribution is 7.98. The van der Waals surface area contributed by atoms with Gasteiger partial charge in [-0.1, -0.05) is 18.2 Å². The van der Waals surface area contributed by atoms with Crippen molar-refractivity contribution in [3.63, 3.8) is 0 Å². The Hall–Kier alpha value is -2.45. The molecule has 5 heteroatoms. The van der Waals surface area contributed by atoms with Crippen LogP contribution in [0.2, 0.25) is 0 Å². The summed E-state index contributed by atoms with van der Waals surface area (Å²) in [6.45, 7) is 1.44. The first kappa shape index (κ1) is 14.9. The Morgan fingerprint density at radius 3 is 2.57 bits per heavy atom. The van der Waals surface area contributed by atoms with E-state index in [9.17, 15) is 10.1 Å². The maximum atomic E-state index is 11.2. The largest absolute Gasteiger partial charge is 0.454 e. The van der Waals surface area contributed by atoms with E-state index in [4.69, 9.17) is 4.74 Å². The summed E-state index contributed by atoms with van der Waals surface area (Å²) in [5.41, 5.74) is 1.06. The van der Waals surface area contributed by atoms with Crippen LogP contribution in [0, 0.1) is 11.3 Å². The van der Waals surface area contributed by atoms with Gasteiger partial charge in [-0.2, -0.15) is 5.26 Å². The zero-order chi connectivity index (χ0) is 15.2. The van der Waals surface area contributed by atoms with Crippen LogP contribution in [-0.4, -0.2) is 12.2 Å². The molecular weight excluding hydrogens is 284 g/mol. The van der Waals surface area contributed by atoms with E-state index >= 15 is 0 Å². The number of rotatable bonds is 4. The minimum absolute atomic E-state index is 0.176. The fourth-order valence-electron chi connectivity index (χ4n) is 1.84. The van der Waals surface area contributed by atoms with E-state index in [1.807, 2.05) is 30.5 Å². The highest BCUT2D eigenvalue weighted by Gasteiger charge is 2.12. The van der Waals surface area contributed by atoms with Crippen molar-refractivity contribution in [2.24, 2.45) is 0 Å². The molecule has 0 aromatic heterocycles. The van der Waals surface area contributed by atoms with Crippen LogP contribution in [-0.2, 0) is 4.79 Å². The monoisotopic (exact) mass is 298 g/mol. The van der Waals surface area contributed by atoms with Crippen molar-refractivity contribution < 1.29 is 9.53 Å². The molecule has 0 aliphatic rings. The predicted octanol–water partition coefficient (Wildman–Crippen LogP) is 4.03. The zero-order valence-electron chi connectivity index (χ0n) is 11.7. The number of carbonyl (C=O) groups is 1. The molecule has 1 N–H and O–H groups in total. The molecule has 2 aromatic carbocycles. The van der Waals surface area contributed by atoms with E-state index in [0.29, 0.717) is 22.7 Å². The lowest BCUT2D eigenvalue weighted by Crippen LogP contribution is -2.06. The predicted molar refractivity (Wildman–Crippen MR) is 83.8 cm³/mol. The number of ether oxygens (including phenoxy) is 1. The van der Waals surface area contributed by atoms with Crippen LogP contribution in [0.4, 0.5) is 5.69 Å². The van der Waals surface area contributed by atoms with Crippen molar-refractivity contribution in [2.75, 3.05) is 11.6 Å². The molecule has 2 aromatic rings. The zero-order valence-corrected chi connectivity index (χ0v) is 12.5. The number of hydrogen-bond acceptors (Lipinski definition) is 4. The van der Waals surface area contributed by atoms with Crippen LogP contribution in [0.15, 0.2) is 47.4 Å². The van der Waals surface area contributed by atoms with Crippen molar-refractivity contribution in [3.8, 4) is 17.6 Å². The summed E-state index contributed by atoms with van der Waals surface area (Å²) in [7, 11) is 0. The molecule has 0 unspecified atom stereocenters. The second kappa shape index (κ2) is 6.82. The molecule has 0 saturated heterocycles. The topological polar surface area (TPSA) is 62.1 Å². The highest BCUT2D eigenvalue weighted by atomic mass is 32.2. The van der Waals surface area contributed by atoms with Crippen molar-refractivity contribution in [1.29, 1.82) is 5.26 Å². The Bertz CT molecular complexity index is 708. The average Bonchev–Trinajstić information content (AvgIpc) is 2.48. The third kappa shape index (κ3) is 3.56. The van der Waals surface area contributed by atoms with E-state index in [1.54, 1.807) is 18.2 Å². The first-order valence-corrected chi connectivity index (χ1v) is 7.49. The first-order valence-electron chi connectivity index (χ1n) is 6.27. The van der Waals surface area contributed by atoms with Crippen LogP contribution in [0.3, 0.4) is 0 Å². The summed E-state index contributed by atoms with van der Waals surface area (Å²) >= 11 is 1.49. The lowest BCUT2D eigenvalue weighted by Gasteiger charge is -2.13. The molecule has 0 heterocycles. The van der Waals surface area contributed by atoms with Crippen LogP contribution in [0.1, 0.15) is 12.5 Å². The highest BCUT2D eigenvalue weighted by Crippen LogP contribution is 2.34. The lowest BCUT2D eigenvalue weighted by atomic mass is 10.2. The van der Waals surface area contributed by atoms with Gasteiger partial charge in [0.25, 0.3) is 0 Å². The Morgan fingerprint density at radius 2 is 1.90 bits per heavy atom. The quantitative estimate of drug-likeness (QED) is 0.866. The smallest absolute Gasteiger partial charge is 0.221 e. The molecule has 0 fully saturated rings. The summed E-state index contributed by atoms with van der Waals surface area (Å²) in [6.07, 6.45) is 1.91. The van der Waals surface area contributed by atoms with Crippen molar-refractivity contribution in [2.45, 2.75) is 11.8 Å².